The molecule has 214 valence electrons. The number of nitrogens with one attached hydrogen (secondary N) is 1. The number of nitrogens with zero attached hydrogens (tertiary/aromatic N) is 2. The van der Waals surface area contributed by atoms with E-state index < -0.39 is 28.5 Å². The van der Waals surface area contributed by atoms with Crippen LogP contribution in [-0.4, -0.2) is 51.4 Å². The minimum absolute atomic E-state index is 0.0447. The standard InChI is InChI=1S/C29H33Cl2N3O5S/c1-4-16-32-29(36)27(5-2)33(19-21-8-6-11-25(17-21)39-3)28(35)20-34(24-10-7-9-23(31)18-24)40(37,38)26-14-12-22(30)13-15-26/h6-15,17-18,27H,4-5,16,19-20H2,1-3H3,(H,32,36)/t27-/m0/s1. The molecular formula is C29H33Cl2N3O5S. The van der Waals surface area contributed by atoms with Crippen molar-refractivity contribution in [1.29, 1.82) is 0 Å². The lowest BCUT2D eigenvalue weighted by Crippen LogP contribution is -2.52. The van der Waals surface area contributed by atoms with Crippen molar-refractivity contribution < 1.29 is 22.7 Å². The Morgan fingerprint density at radius 1 is 0.950 bits per heavy atom. The zero-order chi connectivity index (χ0) is 29.3. The number of amides is 2. The zero-order valence-electron chi connectivity index (χ0n) is 22.6. The fraction of sp³-hybridized carbons (Fsp3) is 0.310. The maximum Gasteiger partial charge on any atom is 0.264 e. The second-order valence-corrected chi connectivity index (χ2v) is 11.8. The third-order valence-corrected chi connectivity index (χ3v) is 8.47. The molecule has 40 heavy (non-hydrogen) atoms. The van der Waals surface area contributed by atoms with Gasteiger partial charge in [0.15, 0.2) is 0 Å². The average molecular weight is 607 g/mol. The molecule has 0 aliphatic heterocycles. The van der Waals surface area contributed by atoms with Gasteiger partial charge in [0.1, 0.15) is 18.3 Å². The SMILES string of the molecule is CCCNC(=O)[C@H](CC)N(Cc1cccc(OC)c1)C(=O)CN(c1cccc(Cl)c1)S(=O)(=O)c1ccc(Cl)cc1. The van der Waals surface area contributed by atoms with Gasteiger partial charge in [0.2, 0.25) is 11.8 Å². The van der Waals surface area contributed by atoms with Crippen molar-refractivity contribution >= 4 is 50.7 Å². The fourth-order valence-electron chi connectivity index (χ4n) is 4.15. The molecule has 2 amide bonds. The predicted octanol–water partition coefficient (Wildman–Crippen LogP) is 5.53. The molecule has 0 aromatic heterocycles. The molecule has 8 nitrogen and oxygen atoms in total. The second-order valence-electron chi connectivity index (χ2n) is 9.03. The van der Waals surface area contributed by atoms with E-state index in [1.807, 2.05) is 13.0 Å². The molecule has 0 saturated carbocycles. The van der Waals surface area contributed by atoms with E-state index in [2.05, 4.69) is 5.32 Å². The fourth-order valence-corrected chi connectivity index (χ4v) is 5.86. The Balaban J connectivity index is 2.06. The van der Waals surface area contributed by atoms with Crippen LogP contribution in [0, 0.1) is 0 Å². The van der Waals surface area contributed by atoms with Gasteiger partial charge in [-0.2, -0.15) is 0 Å². The van der Waals surface area contributed by atoms with Crippen LogP contribution in [0.1, 0.15) is 32.3 Å². The number of hydrogen-bond donors (Lipinski definition) is 1. The molecule has 0 saturated heterocycles. The highest BCUT2D eigenvalue weighted by molar-refractivity contribution is 7.92. The van der Waals surface area contributed by atoms with Crippen LogP contribution in [0.2, 0.25) is 10.0 Å². The van der Waals surface area contributed by atoms with Crippen LogP contribution < -0.4 is 14.4 Å². The van der Waals surface area contributed by atoms with Gasteiger partial charge >= 0.3 is 0 Å². The van der Waals surface area contributed by atoms with Gasteiger partial charge in [-0.1, -0.05) is 55.2 Å². The van der Waals surface area contributed by atoms with Crippen molar-refractivity contribution in [2.45, 2.75) is 44.2 Å². The third-order valence-electron chi connectivity index (χ3n) is 6.20. The number of anilines is 1. The zero-order valence-corrected chi connectivity index (χ0v) is 25.0. The van der Waals surface area contributed by atoms with Crippen LogP contribution in [0.3, 0.4) is 0 Å². The molecule has 11 heteroatoms. The lowest BCUT2D eigenvalue weighted by atomic mass is 10.1. The Morgan fingerprint density at radius 2 is 1.65 bits per heavy atom. The van der Waals surface area contributed by atoms with E-state index in [9.17, 15) is 18.0 Å². The van der Waals surface area contributed by atoms with Crippen molar-refractivity contribution in [3.8, 4) is 5.75 Å². The summed E-state index contributed by atoms with van der Waals surface area (Å²) in [5, 5.41) is 3.54. The van der Waals surface area contributed by atoms with E-state index in [1.54, 1.807) is 50.4 Å². The Hall–Kier alpha value is -3.27. The van der Waals surface area contributed by atoms with Crippen LogP contribution in [0.4, 0.5) is 5.69 Å². The summed E-state index contributed by atoms with van der Waals surface area (Å²) in [6.07, 6.45) is 1.06. The summed E-state index contributed by atoms with van der Waals surface area (Å²) in [6.45, 7) is 3.70. The molecule has 1 atom stereocenters. The summed E-state index contributed by atoms with van der Waals surface area (Å²) in [6, 6.07) is 18.3. The molecule has 0 aliphatic rings. The van der Waals surface area contributed by atoms with Gasteiger partial charge in [-0.05, 0) is 73.0 Å². The molecule has 0 aliphatic carbocycles. The number of rotatable bonds is 13. The summed E-state index contributed by atoms with van der Waals surface area (Å²) >= 11 is 12.2. The van der Waals surface area contributed by atoms with E-state index >= 15 is 0 Å². The second kappa shape index (κ2) is 14.4. The summed E-state index contributed by atoms with van der Waals surface area (Å²) < 4.78 is 34.0. The number of hydrogen-bond acceptors (Lipinski definition) is 5. The molecule has 3 rings (SSSR count). The van der Waals surface area contributed by atoms with Gasteiger partial charge < -0.3 is 15.0 Å². The van der Waals surface area contributed by atoms with Crippen molar-refractivity contribution in [2.24, 2.45) is 0 Å². The van der Waals surface area contributed by atoms with Gasteiger partial charge in [-0.15, -0.1) is 0 Å². The Morgan fingerprint density at radius 3 is 2.27 bits per heavy atom. The van der Waals surface area contributed by atoms with Gasteiger partial charge in [0, 0.05) is 23.1 Å². The van der Waals surface area contributed by atoms with Gasteiger partial charge in [0.25, 0.3) is 10.0 Å². The molecule has 0 fully saturated rings. The maximum absolute atomic E-state index is 14.0. The number of carbonyl (C=O) groups is 2. The molecule has 1 N–H and O–H groups in total. The van der Waals surface area contributed by atoms with E-state index in [0.29, 0.717) is 28.8 Å². The molecule has 0 spiro atoms. The highest BCUT2D eigenvalue weighted by Gasteiger charge is 2.33. The third kappa shape index (κ3) is 7.90. The molecule has 0 unspecified atom stereocenters. The minimum atomic E-state index is -4.22. The number of methoxy groups -OCH3 is 1. The van der Waals surface area contributed by atoms with Crippen LogP contribution in [0.5, 0.6) is 5.75 Å². The number of halogens is 2. The molecule has 0 heterocycles. The first kappa shape index (κ1) is 31.3. The summed E-state index contributed by atoms with van der Waals surface area (Å²) in [5.74, 6) is -0.270. The van der Waals surface area contributed by atoms with Crippen molar-refractivity contribution in [2.75, 3.05) is 24.5 Å². The van der Waals surface area contributed by atoms with E-state index in [1.165, 1.54) is 35.2 Å². The normalized spacial score (nSPS) is 11.9. The van der Waals surface area contributed by atoms with E-state index in [-0.39, 0.29) is 23.0 Å². The lowest BCUT2D eigenvalue weighted by molar-refractivity contribution is -0.140. The lowest BCUT2D eigenvalue weighted by Gasteiger charge is -2.33. The van der Waals surface area contributed by atoms with Crippen LogP contribution in [-0.2, 0) is 26.2 Å². The summed E-state index contributed by atoms with van der Waals surface area (Å²) in [7, 11) is -2.68. The van der Waals surface area contributed by atoms with Gasteiger partial charge in [0.05, 0.1) is 17.7 Å². The first-order chi connectivity index (χ1) is 19.1. The average Bonchev–Trinajstić information content (AvgIpc) is 2.94. The van der Waals surface area contributed by atoms with Crippen LogP contribution >= 0.6 is 23.2 Å². The first-order valence-corrected chi connectivity index (χ1v) is 15.0. The van der Waals surface area contributed by atoms with Gasteiger partial charge in [-0.3, -0.25) is 13.9 Å². The van der Waals surface area contributed by atoms with Crippen LogP contribution in [0.15, 0.2) is 77.7 Å². The first-order valence-electron chi connectivity index (χ1n) is 12.8. The maximum atomic E-state index is 14.0. The number of ether oxygens (including phenoxy) is 1. The highest BCUT2D eigenvalue weighted by Crippen LogP contribution is 2.28. The topological polar surface area (TPSA) is 96.0 Å². The van der Waals surface area contributed by atoms with Crippen molar-refractivity contribution in [3.05, 3.63) is 88.4 Å². The predicted molar refractivity (Wildman–Crippen MR) is 158 cm³/mol. The van der Waals surface area contributed by atoms with Crippen molar-refractivity contribution in [3.63, 3.8) is 0 Å². The molecule has 0 radical (unpaired) electrons. The van der Waals surface area contributed by atoms with E-state index in [0.717, 1.165) is 16.3 Å². The quantitative estimate of drug-likeness (QED) is 0.276. The molecule has 0 bridgehead atoms. The van der Waals surface area contributed by atoms with E-state index in [4.69, 9.17) is 27.9 Å². The molecule has 3 aromatic carbocycles. The Labute approximate surface area is 245 Å². The smallest absolute Gasteiger partial charge is 0.264 e. The molecule has 3 aromatic rings. The minimum Gasteiger partial charge on any atom is -0.497 e. The summed E-state index contributed by atoms with van der Waals surface area (Å²) in [5.41, 5.74) is 0.935. The van der Waals surface area contributed by atoms with Crippen molar-refractivity contribution in [1.82, 2.24) is 10.2 Å². The monoisotopic (exact) mass is 605 g/mol. The summed E-state index contributed by atoms with van der Waals surface area (Å²) in [4.78, 5) is 28.6. The Bertz CT molecular complexity index is 1420. The highest BCUT2D eigenvalue weighted by atomic mass is 35.5. The van der Waals surface area contributed by atoms with Gasteiger partial charge in [-0.25, -0.2) is 8.42 Å². The molecular weight excluding hydrogens is 573 g/mol. The number of carbonyl (C=O) groups excluding carboxylic acids is 2. The number of sulfonamides is 1. The number of benzene rings is 3. The Kier molecular flexibility index (Phi) is 11.2. The van der Waals surface area contributed by atoms with Crippen LogP contribution in [0.25, 0.3) is 0 Å². The largest absolute Gasteiger partial charge is 0.497 e.